The molecular weight excluding hydrogens is 250 g/mol. The summed E-state index contributed by atoms with van der Waals surface area (Å²) < 4.78 is 1.85. The average Bonchev–Trinajstić information content (AvgIpc) is 2.89. The summed E-state index contributed by atoms with van der Waals surface area (Å²) in [7, 11) is 0. The van der Waals surface area contributed by atoms with Crippen LogP contribution < -0.4 is 5.32 Å². The molecule has 3 aromatic rings. The highest BCUT2D eigenvalue weighted by Crippen LogP contribution is 2.21. The third-order valence-corrected chi connectivity index (χ3v) is 3.15. The zero-order chi connectivity index (χ0) is 13.9. The van der Waals surface area contributed by atoms with Crippen LogP contribution in [0.4, 0.5) is 5.82 Å². The monoisotopic (exact) mass is 267 g/mol. The van der Waals surface area contributed by atoms with Gasteiger partial charge < -0.3 is 5.32 Å². The summed E-state index contributed by atoms with van der Waals surface area (Å²) >= 11 is 0. The lowest BCUT2D eigenvalue weighted by Gasteiger charge is -2.06. The summed E-state index contributed by atoms with van der Waals surface area (Å²) in [6, 6.07) is 8.21. The molecule has 1 N–H and O–H groups in total. The standard InChI is InChI=1S/C15H17N5/c1-3-7-16-14-13-9-19-20(15(13)18-10-17-14)12-6-4-5-11(2)8-12/h4-6,8-10H,3,7H2,1-2H3,(H,16,17,18). The normalized spacial score (nSPS) is 10.9. The highest BCUT2D eigenvalue weighted by molar-refractivity contribution is 5.87. The van der Waals surface area contributed by atoms with Crippen molar-refractivity contribution < 1.29 is 0 Å². The maximum absolute atomic E-state index is 4.45. The van der Waals surface area contributed by atoms with Gasteiger partial charge in [0.25, 0.3) is 0 Å². The molecule has 0 aliphatic carbocycles. The van der Waals surface area contributed by atoms with Crippen LogP contribution in [0.3, 0.4) is 0 Å². The Morgan fingerprint density at radius 2 is 2.15 bits per heavy atom. The molecule has 5 heteroatoms. The number of benzene rings is 1. The van der Waals surface area contributed by atoms with Gasteiger partial charge in [0.15, 0.2) is 5.65 Å². The van der Waals surface area contributed by atoms with Gasteiger partial charge in [-0.15, -0.1) is 0 Å². The van der Waals surface area contributed by atoms with Crippen molar-refractivity contribution in [3.63, 3.8) is 0 Å². The van der Waals surface area contributed by atoms with Gasteiger partial charge in [0.1, 0.15) is 12.1 Å². The number of aryl methyl sites for hydroxylation is 1. The Labute approximate surface area is 117 Å². The first-order valence-corrected chi connectivity index (χ1v) is 6.79. The Bertz CT molecular complexity index is 732. The van der Waals surface area contributed by atoms with Crippen LogP contribution in [-0.2, 0) is 0 Å². The van der Waals surface area contributed by atoms with E-state index in [2.05, 4.69) is 46.4 Å². The van der Waals surface area contributed by atoms with Gasteiger partial charge in [-0.05, 0) is 31.0 Å². The molecule has 5 nitrogen and oxygen atoms in total. The molecule has 0 aliphatic heterocycles. The smallest absolute Gasteiger partial charge is 0.168 e. The quantitative estimate of drug-likeness (QED) is 0.789. The van der Waals surface area contributed by atoms with Crippen molar-refractivity contribution in [2.45, 2.75) is 20.3 Å². The van der Waals surface area contributed by atoms with E-state index in [-0.39, 0.29) is 0 Å². The van der Waals surface area contributed by atoms with Crippen molar-refractivity contribution in [2.24, 2.45) is 0 Å². The minimum Gasteiger partial charge on any atom is -0.369 e. The second-order valence-corrected chi connectivity index (χ2v) is 4.78. The minimum absolute atomic E-state index is 0.823. The van der Waals surface area contributed by atoms with E-state index in [0.29, 0.717) is 0 Å². The molecule has 2 heterocycles. The zero-order valence-corrected chi connectivity index (χ0v) is 11.7. The maximum atomic E-state index is 4.45. The Morgan fingerprint density at radius 3 is 2.95 bits per heavy atom. The Balaban J connectivity index is 2.10. The molecular formula is C15H17N5. The van der Waals surface area contributed by atoms with Crippen LogP contribution in [-0.4, -0.2) is 26.3 Å². The third-order valence-electron chi connectivity index (χ3n) is 3.15. The van der Waals surface area contributed by atoms with Crippen molar-refractivity contribution in [3.8, 4) is 5.69 Å². The van der Waals surface area contributed by atoms with Crippen LogP contribution in [0, 0.1) is 6.92 Å². The van der Waals surface area contributed by atoms with Gasteiger partial charge in [-0.25, -0.2) is 14.6 Å². The van der Waals surface area contributed by atoms with Gasteiger partial charge in [-0.3, -0.25) is 0 Å². The van der Waals surface area contributed by atoms with Gasteiger partial charge in [0, 0.05) is 6.54 Å². The number of hydrogen-bond donors (Lipinski definition) is 1. The predicted octanol–water partition coefficient (Wildman–Crippen LogP) is 2.95. The second-order valence-electron chi connectivity index (χ2n) is 4.78. The first-order valence-electron chi connectivity index (χ1n) is 6.79. The summed E-state index contributed by atoms with van der Waals surface area (Å²) in [5.74, 6) is 0.843. The molecule has 0 spiro atoms. The average molecular weight is 267 g/mol. The van der Waals surface area contributed by atoms with E-state index in [1.807, 2.05) is 23.0 Å². The molecule has 0 fully saturated rings. The molecule has 102 valence electrons. The van der Waals surface area contributed by atoms with Crippen LogP contribution in [0.15, 0.2) is 36.8 Å². The van der Waals surface area contributed by atoms with Gasteiger partial charge in [-0.1, -0.05) is 19.1 Å². The van der Waals surface area contributed by atoms with Crippen LogP contribution in [0.1, 0.15) is 18.9 Å². The summed E-state index contributed by atoms with van der Waals surface area (Å²) in [5, 5.41) is 8.71. The predicted molar refractivity (Wildman–Crippen MR) is 80.2 cm³/mol. The highest BCUT2D eigenvalue weighted by Gasteiger charge is 2.10. The van der Waals surface area contributed by atoms with E-state index in [0.717, 1.165) is 35.5 Å². The summed E-state index contributed by atoms with van der Waals surface area (Å²) in [6.45, 7) is 5.09. The zero-order valence-electron chi connectivity index (χ0n) is 11.7. The van der Waals surface area contributed by atoms with Crippen LogP contribution in [0.5, 0.6) is 0 Å². The van der Waals surface area contributed by atoms with E-state index in [4.69, 9.17) is 0 Å². The summed E-state index contributed by atoms with van der Waals surface area (Å²) in [5.41, 5.74) is 3.04. The molecule has 0 radical (unpaired) electrons. The van der Waals surface area contributed by atoms with E-state index in [1.165, 1.54) is 5.56 Å². The van der Waals surface area contributed by atoms with Gasteiger partial charge >= 0.3 is 0 Å². The van der Waals surface area contributed by atoms with Crippen LogP contribution in [0.2, 0.25) is 0 Å². The van der Waals surface area contributed by atoms with Crippen molar-refractivity contribution in [2.75, 3.05) is 11.9 Å². The third kappa shape index (κ3) is 2.22. The molecule has 20 heavy (non-hydrogen) atoms. The Morgan fingerprint density at radius 1 is 1.25 bits per heavy atom. The lowest BCUT2D eigenvalue weighted by molar-refractivity contribution is 0.893. The number of rotatable bonds is 4. The number of nitrogens with zero attached hydrogens (tertiary/aromatic N) is 4. The topological polar surface area (TPSA) is 55.6 Å². The number of fused-ring (bicyclic) bond motifs is 1. The van der Waals surface area contributed by atoms with Crippen LogP contribution >= 0.6 is 0 Å². The van der Waals surface area contributed by atoms with E-state index < -0.39 is 0 Å². The highest BCUT2D eigenvalue weighted by atomic mass is 15.3. The lowest BCUT2D eigenvalue weighted by Crippen LogP contribution is -2.03. The molecule has 0 unspecified atom stereocenters. The molecule has 2 aromatic heterocycles. The lowest BCUT2D eigenvalue weighted by atomic mass is 10.2. The second kappa shape index (κ2) is 5.28. The summed E-state index contributed by atoms with van der Waals surface area (Å²) in [4.78, 5) is 8.66. The minimum atomic E-state index is 0.823. The first-order chi connectivity index (χ1) is 9.79. The van der Waals surface area contributed by atoms with E-state index >= 15 is 0 Å². The fraction of sp³-hybridized carbons (Fsp3) is 0.267. The molecule has 3 rings (SSSR count). The van der Waals surface area contributed by atoms with Crippen molar-refractivity contribution in [3.05, 3.63) is 42.4 Å². The van der Waals surface area contributed by atoms with Gasteiger partial charge in [-0.2, -0.15) is 5.10 Å². The number of hydrogen-bond acceptors (Lipinski definition) is 4. The van der Waals surface area contributed by atoms with Crippen molar-refractivity contribution >= 4 is 16.9 Å². The van der Waals surface area contributed by atoms with E-state index in [9.17, 15) is 0 Å². The first kappa shape index (κ1) is 12.6. The van der Waals surface area contributed by atoms with Crippen molar-refractivity contribution in [1.82, 2.24) is 19.7 Å². The molecule has 0 saturated carbocycles. The maximum Gasteiger partial charge on any atom is 0.168 e. The number of aromatic nitrogens is 4. The molecule has 0 amide bonds. The number of anilines is 1. The molecule has 0 saturated heterocycles. The van der Waals surface area contributed by atoms with Gasteiger partial charge in [0.05, 0.1) is 17.3 Å². The number of nitrogens with one attached hydrogen (secondary N) is 1. The Hall–Kier alpha value is -2.43. The molecule has 0 bridgehead atoms. The fourth-order valence-corrected chi connectivity index (χ4v) is 2.18. The van der Waals surface area contributed by atoms with Crippen LogP contribution in [0.25, 0.3) is 16.7 Å². The fourth-order valence-electron chi connectivity index (χ4n) is 2.18. The van der Waals surface area contributed by atoms with Crippen molar-refractivity contribution in [1.29, 1.82) is 0 Å². The Kier molecular flexibility index (Phi) is 3.33. The van der Waals surface area contributed by atoms with E-state index in [1.54, 1.807) is 6.33 Å². The molecule has 1 aromatic carbocycles. The molecule has 0 aliphatic rings. The largest absolute Gasteiger partial charge is 0.369 e. The molecule has 0 atom stereocenters. The van der Waals surface area contributed by atoms with Gasteiger partial charge in [0.2, 0.25) is 0 Å². The summed E-state index contributed by atoms with van der Waals surface area (Å²) in [6.07, 6.45) is 4.45. The SMILES string of the molecule is CCCNc1ncnc2c1cnn2-c1cccc(C)c1.